The molecule has 0 aromatic heterocycles. The lowest BCUT2D eigenvalue weighted by atomic mass is 10.1. The van der Waals surface area contributed by atoms with Crippen LogP contribution >= 0.6 is 0 Å². The SMILES string of the molecule is CCNC(=O)[C@H](C)N(Cc1ccc(C)cc1)C(=O)CCc1ccc2c(c1)OCO2. The summed E-state index contributed by atoms with van der Waals surface area (Å²) in [5, 5.41) is 2.81. The minimum absolute atomic E-state index is 0.0537. The van der Waals surface area contributed by atoms with Gasteiger partial charge in [-0.2, -0.15) is 0 Å². The van der Waals surface area contributed by atoms with E-state index in [0.29, 0.717) is 31.7 Å². The zero-order valence-electron chi connectivity index (χ0n) is 17.2. The van der Waals surface area contributed by atoms with E-state index in [2.05, 4.69) is 5.32 Å². The minimum Gasteiger partial charge on any atom is -0.454 e. The molecule has 1 heterocycles. The third kappa shape index (κ3) is 5.28. The Morgan fingerprint density at radius 1 is 1.07 bits per heavy atom. The van der Waals surface area contributed by atoms with E-state index in [1.807, 2.05) is 56.3 Å². The number of benzene rings is 2. The standard InChI is InChI=1S/C23H28N2O4/c1-4-24-23(27)17(3)25(14-19-7-5-16(2)6-8-19)22(26)12-10-18-9-11-20-21(13-18)29-15-28-20/h5-9,11,13,17H,4,10,12,14-15H2,1-3H3,(H,24,27)/t17-/m0/s1. The van der Waals surface area contributed by atoms with Gasteiger partial charge in [0.2, 0.25) is 18.6 Å². The van der Waals surface area contributed by atoms with E-state index in [1.54, 1.807) is 11.8 Å². The molecular weight excluding hydrogens is 368 g/mol. The Labute approximate surface area is 171 Å². The van der Waals surface area contributed by atoms with Gasteiger partial charge in [-0.15, -0.1) is 0 Å². The molecular formula is C23H28N2O4. The number of amides is 2. The maximum absolute atomic E-state index is 13.1. The fourth-order valence-electron chi connectivity index (χ4n) is 3.29. The van der Waals surface area contributed by atoms with Crippen LogP contribution in [-0.2, 0) is 22.6 Å². The molecule has 1 aliphatic heterocycles. The Balaban J connectivity index is 1.70. The topological polar surface area (TPSA) is 67.9 Å². The molecule has 0 unspecified atom stereocenters. The quantitative estimate of drug-likeness (QED) is 0.744. The van der Waals surface area contributed by atoms with Gasteiger partial charge in [0, 0.05) is 19.5 Å². The van der Waals surface area contributed by atoms with Crippen molar-refractivity contribution in [3.05, 3.63) is 59.2 Å². The average Bonchev–Trinajstić information content (AvgIpc) is 3.19. The van der Waals surface area contributed by atoms with Crippen molar-refractivity contribution in [3.8, 4) is 11.5 Å². The number of nitrogens with one attached hydrogen (secondary N) is 1. The van der Waals surface area contributed by atoms with Gasteiger partial charge in [-0.3, -0.25) is 9.59 Å². The Hall–Kier alpha value is -3.02. The van der Waals surface area contributed by atoms with Gasteiger partial charge in [0.1, 0.15) is 6.04 Å². The Bertz CT molecular complexity index is 864. The molecule has 0 bridgehead atoms. The van der Waals surface area contributed by atoms with Gasteiger partial charge in [0.25, 0.3) is 0 Å². The number of carbonyl (C=O) groups is 2. The molecule has 2 aromatic carbocycles. The molecule has 0 fully saturated rings. The number of fused-ring (bicyclic) bond motifs is 1. The van der Waals surface area contributed by atoms with Crippen molar-refractivity contribution in [1.82, 2.24) is 10.2 Å². The van der Waals surface area contributed by atoms with Crippen LogP contribution in [0, 0.1) is 6.92 Å². The molecule has 154 valence electrons. The van der Waals surface area contributed by atoms with Crippen molar-refractivity contribution in [1.29, 1.82) is 0 Å². The number of nitrogens with zero attached hydrogens (tertiary/aromatic N) is 1. The first-order valence-electron chi connectivity index (χ1n) is 9.99. The first-order valence-corrected chi connectivity index (χ1v) is 9.99. The van der Waals surface area contributed by atoms with Crippen LogP contribution < -0.4 is 14.8 Å². The number of hydrogen-bond acceptors (Lipinski definition) is 4. The number of hydrogen-bond donors (Lipinski definition) is 1. The van der Waals surface area contributed by atoms with Crippen LogP contribution in [0.3, 0.4) is 0 Å². The van der Waals surface area contributed by atoms with Gasteiger partial charge < -0.3 is 19.7 Å². The number of rotatable bonds is 8. The maximum Gasteiger partial charge on any atom is 0.242 e. The summed E-state index contributed by atoms with van der Waals surface area (Å²) in [5.41, 5.74) is 3.16. The molecule has 1 atom stereocenters. The number of ether oxygens (including phenoxy) is 2. The second kappa shape index (κ2) is 9.45. The highest BCUT2D eigenvalue weighted by Crippen LogP contribution is 2.32. The van der Waals surface area contributed by atoms with Crippen LogP contribution in [0.25, 0.3) is 0 Å². The van der Waals surface area contributed by atoms with E-state index < -0.39 is 6.04 Å². The predicted octanol–water partition coefficient (Wildman–Crippen LogP) is 3.21. The molecule has 2 amide bonds. The highest BCUT2D eigenvalue weighted by atomic mass is 16.7. The zero-order chi connectivity index (χ0) is 20.8. The van der Waals surface area contributed by atoms with Gasteiger partial charge in [0.15, 0.2) is 11.5 Å². The molecule has 1 N–H and O–H groups in total. The fraction of sp³-hybridized carbons (Fsp3) is 0.391. The van der Waals surface area contributed by atoms with E-state index in [-0.39, 0.29) is 18.6 Å². The van der Waals surface area contributed by atoms with Crippen molar-refractivity contribution in [2.45, 2.75) is 46.2 Å². The van der Waals surface area contributed by atoms with Gasteiger partial charge in [-0.1, -0.05) is 35.9 Å². The average molecular weight is 396 g/mol. The lowest BCUT2D eigenvalue weighted by Crippen LogP contribution is -2.47. The summed E-state index contributed by atoms with van der Waals surface area (Å²) >= 11 is 0. The molecule has 0 spiro atoms. The second-order valence-corrected chi connectivity index (χ2v) is 7.27. The van der Waals surface area contributed by atoms with Crippen LogP contribution in [0.5, 0.6) is 11.5 Å². The summed E-state index contributed by atoms with van der Waals surface area (Å²) < 4.78 is 10.7. The van der Waals surface area contributed by atoms with Crippen molar-refractivity contribution < 1.29 is 19.1 Å². The van der Waals surface area contributed by atoms with Gasteiger partial charge in [0.05, 0.1) is 0 Å². The highest BCUT2D eigenvalue weighted by Gasteiger charge is 2.25. The highest BCUT2D eigenvalue weighted by molar-refractivity contribution is 5.87. The smallest absolute Gasteiger partial charge is 0.242 e. The van der Waals surface area contributed by atoms with Crippen LogP contribution in [0.1, 0.15) is 37.0 Å². The van der Waals surface area contributed by atoms with E-state index >= 15 is 0 Å². The summed E-state index contributed by atoms with van der Waals surface area (Å²) in [4.78, 5) is 27.1. The summed E-state index contributed by atoms with van der Waals surface area (Å²) in [7, 11) is 0. The molecule has 0 saturated carbocycles. The fourth-order valence-corrected chi connectivity index (χ4v) is 3.29. The monoisotopic (exact) mass is 396 g/mol. The molecule has 6 heteroatoms. The van der Waals surface area contributed by atoms with Crippen molar-refractivity contribution in [3.63, 3.8) is 0 Å². The molecule has 1 aliphatic rings. The third-order valence-corrected chi connectivity index (χ3v) is 5.06. The summed E-state index contributed by atoms with van der Waals surface area (Å²) in [6.45, 7) is 6.83. The molecule has 0 radical (unpaired) electrons. The van der Waals surface area contributed by atoms with E-state index in [4.69, 9.17) is 9.47 Å². The van der Waals surface area contributed by atoms with Crippen molar-refractivity contribution in [2.75, 3.05) is 13.3 Å². The van der Waals surface area contributed by atoms with Gasteiger partial charge in [-0.25, -0.2) is 0 Å². The summed E-state index contributed by atoms with van der Waals surface area (Å²) in [6, 6.07) is 13.2. The summed E-state index contributed by atoms with van der Waals surface area (Å²) in [6.07, 6.45) is 0.886. The lowest BCUT2D eigenvalue weighted by Gasteiger charge is -2.29. The van der Waals surface area contributed by atoms with Crippen LogP contribution in [0.4, 0.5) is 0 Å². The van der Waals surface area contributed by atoms with E-state index in [9.17, 15) is 9.59 Å². The minimum atomic E-state index is -0.541. The van der Waals surface area contributed by atoms with E-state index in [1.165, 1.54) is 0 Å². The van der Waals surface area contributed by atoms with Crippen LogP contribution in [0.15, 0.2) is 42.5 Å². The Morgan fingerprint density at radius 3 is 2.48 bits per heavy atom. The Morgan fingerprint density at radius 2 is 1.76 bits per heavy atom. The number of likely N-dealkylation sites (N-methyl/N-ethyl adjacent to an activating group) is 1. The first-order chi connectivity index (χ1) is 14.0. The maximum atomic E-state index is 13.1. The number of aryl methyl sites for hydroxylation is 2. The molecule has 0 saturated heterocycles. The third-order valence-electron chi connectivity index (χ3n) is 5.06. The summed E-state index contributed by atoms with van der Waals surface area (Å²) in [5.74, 6) is 1.24. The zero-order valence-corrected chi connectivity index (χ0v) is 17.2. The predicted molar refractivity (Wildman–Crippen MR) is 111 cm³/mol. The van der Waals surface area contributed by atoms with Crippen molar-refractivity contribution >= 4 is 11.8 Å². The largest absolute Gasteiger partial charge is 0.454 e. The molecule has 0 aliphatic carbocycles. The van der Waals surface area contributed by atoms with Crippen molar-refractivity contribution in [2.24, 2.45) is 0 Å². The van der Waals surface area contributed by atoms with Gasteiger partial charge in [-0.05, 0) is 50.5 Å². The van der Waals surface area contributed by atoms with Crippen LogP contribution in [0.2, 0.25) is 0 Å². The molecule has 6 nitrogen and oxygen atoms in total. The van der Waals surface area contributed by atoms with Gasteiger partial charge >= 0.3 is 0 Å². The molecule has 29 heavy (non-hydrogen) atoms. The van der Waals surface area contributed by atoms with Crippen LogP contribution in [-0.4, -0.2) is 36.1 Å². The number of carbonyl (C=O) groups excluding carboxylic acids is 2. The second-order valence-electron chi connectivity index (χ2n) is 7.27. The lowest BCUT2D eigenvalue weighted by molar-refractivity contribution is -0.140. The molecule has 3 rings (SSSR count). The molecule has 2 aromatic rings. The van der Waals surface area contributed by atoms with E-state index in [0.717, 1.165) is 22.4 Å². The normalized spacial score (nSPS) is 13.1. The Kier molecular flexibility index (Phi) is 6.75. The first kappa shape index (κ1) is 20.7.